The minimum absolute atomic E-state index is 0.0438. The predicted molar refractivity (Wildman–Crippen MR) is 93.7 cm³/mol. The number of likely N-dealkylation sites (N-methyl/N-ethyl adjacent to an activating group) is 1. The van der Waals surface area contributed by atoms with Gasteiger partial charge in [0.25, 0.3) is 0 Å². The Bertz CT molecular complexity index is 601. The van der Waals surface area contributed by atoms with Gasteiger partial charge in [0.2, 0.25) is 11.8 Å². The molecule has 2 amide bonds. The highest BCUT2D eigenvalue weighted by molar-refractivity contribution is 6.30. The second kappa shape index (κ2) is 7.53. The van der Waals surface area contributed by atoms with Gasteiger partial charge in [-0.1, -0.05) is 23.7 Å². The van der Waals surface area contributed by atoms with E-state index >= 15 is 0 Å². The van der Waals surface area contributed by atoms with Gasteiger partial charge in [-0.15, -0.1) is 0 Å². The van der Waals surface area contributed by atoms with Crippen LogP contribution in [0.4, 0.5) is 0 Å². The number of nitrogens with one attached hydrogen (secondary N) is 2. The summed E-state index contributed by atoms with van der Waals surface area (Å²) in [5, 5.41) is 6.42. The molecule has 2 N–H and O–H groups in total. The first kappa shape index (κ1) is 17.2. The third kappa shape index (κ3) is 3.90. The van der Waals surface area contributed by atoms with E-state index in [4.69, 9.17) is 11.6 Å². The molecule has 0 radical (unpaired) electrons. The maximum Gasteiger partial charge on any atom is 0.241 e. The molecule has 24 heavy (non-hydrogen) atoms. The number of hydrogen-bond acceptors (Lipinski definition) is 3. The second-order valence-electron chi connectivity index (χ2n) is 6.65. The molecular weight excluding hydrogens is 326 g/mol. The van der Waals surface area contributed by atoms with E-state index < -0.39 is 6.04 Å². The number of nitrogens with zero attached hydrogens (tertiary/aromatic N) is 1. The zero-order valence-electron chi connectivity index (χ0n) is 13.9. The van der Waals surface area contributed by atoms with Crippen LogP contribution in [0.15, 0.2) is 24.3 Å². The first-order chi connectivity index (χ1) is 11.6. The minimum atomic E-state index is -0.466. The molecule has 1 aliphatic heterocycles. The van der Waals surface area contributed by atoms with E-state index in [0.717, 1.165) is 31.5 Å². The van der Waals surface area contributed by atoms with E-state index in [1.807, 2.05) is 17.0 Å². The Morgan fingerprint density at radius 1 is 1.25 bits per heavy atom. The lowest BCUT2D eigenvalue weighted by Gasteiger charge is -2.31. The van der Waals surface area contributed by atoms with Crippen LogP contribution in [-0.2, 0) is 9.59 Å². The molecule has 1 aromatic carbocycles. The highest BCUT2D eigenvalue weighted by Gasteiger charge is 2.39. The molecular formula is C18H24ClN3O2. The molecule has 2 aliphatic rings. The summed E-state index contributed by atoms with van der Waals surface area (Å²) in [6, 6.07) is 6.57. The van der Waals surface area contributed by atoms with Crippen LogP contribution >= 0.6 is 11.6 Å². The van der Waals surface area contributed by atoms with Crippen molar-refractivity contribution < 1.29 is 9.59 Å². The van der Waals surface area contributed by atoms with Crippen LogP contribution in [0.2, 0.25) is 5.02 Å². The zero-order chi connectivity index (χ0) is 17.1. The standard InChI is InChI=1S/C18H24ClN3O2/c1-20-18(24)16(13-6-8-14(19)9-7-13)22-10-2-3-15(22)17(23)21-11-12-4-5-12/h6-9,12,15-16H,2-5,10-11H2,1H3,(H,20,24)(H,21,23)/t15-,16+/m0/s1. The molecule has 1 aliphatic carbocycles. The fourth-order valence-corrected chi connectivity index (χ4v) is 3.47. The van der Waals surface area contributed by atoms with Gasteiger partial charge in [-0.25, -0.2) is 0 Å². The molecule has 0 spiro atoms. The molecule has 3 rings (SSSR count). The summed E-state index contributed by atoms with van der Waals surface area (Å²) in [7, 11) is 1.63. The summed E-state index contributed by atoms with van der Waals surface area (Å²) in [5.41, 5.74) is 0.862. The smallest absolute Gasteiger partial charge is 0.241 e. The van der Waals surface area contributed by atoms with Crippen LogP contribution in [0.5, 0.6) is 0 Å². The Labute approximate surface area is 147 Å². The number of benzene rings is 1. The Morgan fingerprint density at radius 2 is 1.96 bits per heavy atom. The number of carbonyl (C=O) groups excluding carboxylic acids is 2. The molecule has 5 nitrogen and oxygen atoms in total. The van der Waals surface area contributed by atoms with Crippen molar-refractivity contribution in [2.24, 2.45) is 5.92 Å². The van der Waals surface area contributed by atoms with E-state index in [1.54, 1.807) is 19.2 Å². The molecule has 0 aromatic heterocycles. The summed E-state index contributed by atoms with van der Waals surface area (Å²) >= 11 is 5.97. The van der Waals surface area contributed by atoms with Gasteiger partial charge in [-0.3, -0.25) is 14.5 Å². The van der Waals surface area contributed by atoms with Gasteiger partial charge in [0.05, 0.1) is 6.04 Å². The maximum atomic E-state index is 12.6. The molecule has 0 unspecified atom stereocenters. The van der Waals surface area contributed by atoms with Crippen molar-refractivity contribution >= 4 is 23.4 Å². The van der Waals surface area contributed by atoms with Gasteiger partial charge in [0, 0.05) is 25.2 Å². The van der Waals surface area contributed by atoms with Crippen LogP contribution in [-0.4, -0.2) is 42.9 Å². The first-order valence-corrected chi connectivity index (χ1v) is 8.98. The Morgan fingerprint density at radius 3 is 2.58 bits per heavy atom. The van der Waals surface area contributed by atoms with E-state index in [0.29, 0.717) is 10.9 Å². The molecule has 1 heterocycles. The van der Waals surface area contributed by atoms with Crippen molar-refractivity contribution in [2.45, 2.75) is 37.8 Å². The minimum Gasteiger partial charge on any atom is -0.358 e. The average molecular weight is 350 g/mol. The predicted octanol–water partition coefficient (Wildman–Crippen LogP) is 2.12. The molecule has 1 saturated heterocycles. The van der Waals surface area contributed by atoms with Crippen molar-refractivity contribution in [3.05, 3.63) is 34.9 Å². The second-order valence-corrected chi connectivity index (χ2v) is 7.09. The van der Waals surface area contributed by atoms with Crippen LogP contribution in [0.1, 0.15) is 37.3 Å². The molecule has 1 aromatic rings. The van der Waals surface area contributed by atoms with Crippen molar-refractivity contribution in [2.75, 3.05) is 20.1 Å². The number of rotatable bonds is 6. The summed E-state index contributed by atoms with van der Waals surface area (Å²) in [5.74, 6) is 0.594. The summed E-state index contributed by atoms with van der Waals surface area (Å²) < 4.78 is 0. The van der Waals surface area contributed by atoms with Gasteiger partial charge in [0.1, 0.15) is 6.04 Å². The van der Waals surface area contributed by atoms with Crippen LogP contribution in [0.25, 0.3) is 0 Å². The molecule has 1 saturated carbocycles. The van der Waals surface area contributed by atoms with Crippen molar-refractivity contribution in [3.63, 3.8) is 0 Å². The van der Waals surface area contributed by atoms with E-state index in [-0.39, 0.29) is 17.9 Å². The first-order valence-electron chi connectivity index (χ1n) is 8.60. The molecule has 130 valence electrons. The number of amides is 2. The number of hydrogen-bond donors (Lipinski definition) is 2. The van der Waals surface area contributed by atoms with Crippen molar-refractivity contribution in [1.29, 1.82) is 0 Å². The summed E-state index contributed by atoms with van der Waals surface area (Å²) in [4.78, 5) is 27.1. The van der Waals surface area contributed by atoms with E-state index in [9.17, 15) is 9.59 Å². The molecule has 0 bridgehead atoms. The van der Waals surface area contributed by atoms with Crippen molar-refractivity contribution in [3.8, 4) is 0 Å². The van der Waals surface area contributed by atoms with Crippen molar-refractivity contribution in [1.82, 2.24) is 15.5 Å². The fourth-order valence-electron chi connectivity index (χ4n) is 3.34. The monoisotopic (exact) mass is 349 g/mol. The highest BCUT2D eigenvalue weighted by Crippen LogP contribution is 2.31. The van der Waals surface area contributed by atoms with Gasteiger partial charge < -0.3 is 10.6 Å². The third-order valence-electron chi connectivity index (χ3n) is 4.87. The lowest BCUT2D eigenvalue weighted by molar-refractivity contribution is -0.131. The largest absolute Gasteiger partial charge is 0.358 e. The number of likely N-dealkylation sites (tertiary alicyclic amines) is 1. The molecule has 2 atom stereocenters. The van der Waals surface area contributed by atoms with E-state index in [1.165, 1.54) is 12.8 Å². The Balaban J connectivity index is 1.78. The Hall–Kier alpha value is -1.59. The quantitative estimate of drug-likeness (QED) is 0.827. The average Bonchev–Trinajstić information content (AvgIpc) is 3.30. The highest BCUT2D eigenvalue weighted by atomic mass is 35.5. The normalized spacial score (nSPS) is 22.2. The van der Waals surface area contributed by atoms with E-state index in [2.05, 4.69) is 10.6 Å². The zero-order valence-corrected chi connectivity index (χ0v) is 14.7. The Kier molecular flexibility index (Phi) is 5.41. The summed E-state index contributed by atoms with van der Waals surface area (Å²) in [6.45, 7) is 1.50. The molecule has 6 heteroatoms. The maximum absolute atomic E-state index is 12.6. The number of carbonyl (C=O) groups is 2. The summed E-state index contributed by atoms with van der Waals surface area (Å²) in [6.07, 6.45) is 4.13. The lowest BCUT2D eigenvalue weighted by Crippen LogP contribution is -2.48. The fraction of sp³-hybridized carbons (Fsp3) is 0.556. The molecule has 2 fully saturated rings. The third-order valence-corrected chi connectivity index (χ3v) is 5.12. The van der Waals surface area contributed by atoms with Crippen LogP contribution in [0.3, 0.4) is 0 Å². The SMILES string of the molecule is CNC(=O)[C@@H](c1ccc(Cl)cc1)N1CCC[C@H]1C(=O)NCC1CC1. The van der Waals surface area contributed by atoms with Gasteiger partial charge in [-0.05, 0) is 49.3 Å². The topological polar surface area (TPSA) is 61.4 Å². The number of halogens is 1. The van der Waals surface area contributed by atoms with Crippen LogP contribution < -0.4 is 10.6 Å². The lowest BCUT2D eigenvalue weighted by atomic mass is 10.0. The van der Waals surface area contributed by atoms with Gasteiger partial charge in [0.15, 0.2) is 0 Å². The van der Waals surface area contributed by atoms with Crippen LogP contribution in [0, 0.1) is 5.92 Å². The van der Waals surface area contributed by atoms with Gasteiger partial charge >= 0.3 is 0 Å². The van der Waals surface area contributed by atoms with Gasteiger partial charge in [-0.2, -0.15) is 0 Å².